The zero-order valence-electron chi connectivity index (χ0n) is 13.5. The van der Waals surface area contributed by atoms with Crippen LogP contribution in [0.4, 0.5) is 5.69 Å². The number of hydrogen-bond donors (Lipinski definition) is 1. The first-order valence-electron chi connectivity index (χ1n) is 7.95. The molecule has 26 heavy (non-hydrogen) atoms. The Morgan fingerprint density at radius 3 is 2.46 bits per heavy atom. The second-order valence-electron chi connectivity index (χ2n) is 5.80. The first-order chi connectivity index (χ1) is 12.6. The summed E-state index contributed by atoms with van der Waals surface area (Å²) in [4.78, 5) is 14.2. The molecule has 0 aliphatic carbocycles. The molecule has 1 amide bonds. The lowest BCUT2D eigenvalue weighted by atomic mass is 10.1. The number of hydrogen-bond acceptors (Lipinski definition) is 2. The summed E-state index contributed by atoms with van der Waals surface area (Å²) in [5, 5.41) is 6.15. The Hall–Kier alpha value is -2.33. The summed E-state index contributed by atoms with van der Waals surface area (Å²) < 4.78 is 0. The third kappa shape index (κ3) is 3.47. The van der Waals surface area contributed by atoms with E-state index < -0.39 is 0 Å². The van der Waals surface area contributed by atoms with Crippen molar-refractivity contribution >= 4 is 56.9 Å². The molecule has 1 N–H and O–H groups in total. The molecule has 0 fully saturated rings. The second kappa shape index (κ2) is 7.12. The van der Waals surface area contributed by atoms with E-state index in [9.17, 15) is 4.79 Å². The molecule has 0 bridgehead atoms. The molecular weight excluding hydrogens is 385 g/mol. The van der Waals surface area contributed by atoms with Gasteiger partial charge in [0.15, 0.2) is 0 Å². The molecule has 0 aliphatic heterocycles. The number of carbonyl (C=O) groups excluding carboxylic acids is 1. The molecule has 4 aromatic rings. The number of halogens is 2. The fraction of sp³-hybridized carbons (Fsp3) is 0. The van der Waals surface area contributed by atoms with Gasteiger partial charge in [-0.3, -0.25) is 4.79 Å². The van der Waals surface area contributed by atoms with Crippen LogP contribution >= 0.6 is 34.5 Å². The molecule has 0 unspecified atom stereocenters. The SMILES string of the molecule is O=C(Nc1ccc(Cl)cc1Cl)c1ccc(-c2ccc3ccccc3c2)s1. The van der Waals surface area contributed by atoms with Crippen LogP contribution in [0.2, 0.25) is 10.0 Å². The quantitative estimate of drug-likeness (QED) is 0.391. The van der Waals surface area contributed by atoms with Crippen LogP contribution in [0.5, 0.6) is 0 Å². The molecule has 0 spiro atoms. The largest absolute Gasteiger partial charge is 0.320 e. The van der Waals surface area contributed by atoms with Crippen molar-refractivity contribution in [3.63, 3.8) is 0 Å². The molecular formula is C21H13Cl2NOS. The van der Waals surface area contributed by atoms with Crippen LogP contribution in [0.15, 0.2) is 72.8 Å². The predicted octanol–water partition coefficient (Wildman–Crippen LogP) is 7.13. The number of anilines is 1. The molecule has 128 valence electrons. The van der Waals surface area contributed by atoms with Crippen molar-refractivity contribution in [3.05, 3.63) is 87.7 Å². The molecule has 0 saturated carbocycles. The van der Waals surface area contributed by atoms with E-state index in [-0.39, 0.29) is 5.91 Å². The van der Waals surface area contributed by atoms with Crippen molar-refractivity contribution in [2.75, 3.05) is 5.32 Å². The third-order valence-electron chi connectivity index (χ3n) is 4.04. The fourth-order valence-electron chi connectivity index (χ4n) is 2.73. The van der Waals surface area contributed by atoms with Gasteiger partial charge in [-0.25, -0.2) is 0 Å². The average molecular weight is 398 g/mol. The third-order valence-corrected chi connectivity index (χ3v) is 5.72. The van der Waals surface area contributed by atoms with Gasteiger partial charge < -0.3 is 5.32 Å². The van der Waals surface area contributed by atoms with E-state index >= 15 is 0 Å². The van der Waals surface area contributed by atoms with Crippen LogP contribution in [0.1, 0.15) is 9.67 Å². The highest BCUT2D eigenvalue weighted by molar-refractivity contribution is 7.17. The summed E-state index contributed by atoms with van der Waals surface area (Å²) in [7, 11) is 0. The van der Waals surface area contributed by atoms with Gasteiger partial charge in [-0.15, -0.1) is 11.3 Å². The maximum atomic E-state index is 12.5. The Morgan fingerprint density at radius 2 is 1.65 bits per heavy atom. The average Bonchev–Trinajstić information content (AvgIpc) is 3.14. The molecule has 0 atom stereocenters. The minimum Gasteiger partial charge on any atom is -0.320 e. The first-order valence-corrected chi connectivity index (χ1v) is 9.53. The molecule has 0 aliphatic rings. The molecule has 0 radical (unpaired) electrons. The lowest BCUT2D eigenvalue weighted by molar-refractivity contribution is 0.103. The topological polar surface area (TPSA) is 29.1 Å². The van der Waals surface area contributed by atoms with E-state index in [1.807, 2.05) is 24.3 Å². The highest BCUT2D eigenvalue weighted by Crippen LogP contribution is 2.32. The lowest BCUT2D eigenvalue weighted by Gasteiger charge is -2.06. The van der Waals surface area contributed by atoms with Crippen molar-refractivity contribution in [1.82, 2.24) is 0 Å². The Morgan fingerprint density at radius 1 is 0.846 bits per heavy atom. The van der Waals surface area contributed by atoms with Crippen molar-refractivity contribution in [3.8, 4) is 10.4 Å². The van der Waals surface area contributed by atoms with Crippen LogP contribution in [-0.2, 0) is 0 Å². The maximum absolute atomic E-state index is 12.5. The zero-order valence-corrected chi connectivity index (χ0v) is 15.8. The normalized spacial score (nSPS) is 10.8. The number of carbonyl (C=O) groups is 1. The number of nitrogens with one attached hydrogen (secondary N) is 1. The number of amides is 1. The van der Waals surface area contributed by atoms with E-state index in [1.54, 1.807) is 18.2 Å². The molecule has 1 aromatic heterocycles. The number of fused-ring (bicyclic) bond motifs is 1. The smallest absolute Gasteiger partial charge is 0.265 e. The molecule has 1 heterocycles. The summed E-state index contributed by atoms with van der Waals surface area (Å²) >= 11 is 13.5. The number of rotatable bonds is 3. The predicted molar refractivity (Wildman–Crippen MR) is 112 cm³/mol. The second-order valence-corrected chi connectivity index (χ2v) is 7.73. The molecule has 3 aromatic carbocycles. The highest BCUT2D eigenvalue weighted by Gasteiger charge is 2.12. The molecule has 5 heteroatoms. The van der Waals surface area contributed by atoms with Crippen LogP contribution in [0, 0.1) is 0 Å². The van der Waals surface area contributed by atoms with Gasteiger partial charge in [0.2, 0.25) is 0 Å². The molecule has 4 rings (SSSR count). The maximum Gasteiger partial charge on any atom is 0.265 e. The van der Waals surface area contributed by atoms with E-state index in [4.69, 9.17) is 23.2 Å². The molecule has 2 nitrogen and oxygen atoms in total. The van der Waals surface area contributed by atoms with Gasteiger partial charge in [0.1, 0.15) is 0 Å². The van der Waals surface area contributed by atoms with Crippen LogP contribution in [0.25, 0.3) is 21.2 Å². The van der Waals surface area contributed by atoms with Gasteiger partial charge in [0.25, 0.3) is 5.91 Å². The van der Waals surface area contributed by atoms with Gasteiger partial charge in [-0.05, 0) is 52.7 Å². The van der Waals surface area contributed by atoms with Crippen molar-refractivity contribution in [1.29, 1.82) is 0 Å². The van der Waals surface area contributed by atoms with Gasteiger partial charge in [0.05, 0.1) is 15.6 Å². The Kier molecular flexibility index (Phi) is 4.68. The van der Waals surface area contributed by atoms with E-state index in [1.165, 1.54) is 22.1 Å². The van der Waals surface area contributed by atoms with Gasteiger partial charge in [0, 0.05) is 9.90 Å². The monoisotopic (exact) mass is 397 g/mol. The van der Waals surface area contributed by atoms with Crippen LogP contribution in [0.3, 0.4) is 0 Å². The standard InChI is InChI=1S/C21H13Cl2NOS/c22-16-7-8-18(17(23)12-16)24-21(25)20-10-9-19(26-20)15-6-5-13-3-1-2-4-14(13)11-15/h1-12H,(H,24,25). The molecule has 0 saturated heterocycles. The van der Waals surface area contributed by atoms with Crippen LogP contribution < -0.4 is 5.32 Å². The highest BCUT2D eigenvalue weighted by atomic mass is 35.5. The fourth-order valence-corrected chi connectivity index (χ4v) is 4.09. The minimum absolute atomic E-state index is 0.189. The van der Waals surface area contributed by atoms with Crippen molar-refractivity contribution < 1.29 is 4.79 Å². The van der Waals surface area contributed by atoms with Crippen molar-refractivity contribution in [2.45, 2.75) is 0 Å². The Bertz CT molecular complexity index is 1120. The summed E-state index contributed by atoms with van der Waals surface area (Å²) in [6, 6.07) is 23.3. The number of benzene rings is 3. The van der Waals surface area contributed by atoms with E-state index in [0.29, 0.717) is 20.6 Å². The van der Waals surface area contributed by atoms with Gasteiger partial charge in [-0.1, -0.05) is 59.6 Å². The van der Waals surface area contributed by atoms with Gasteiger partial charge in [-0.2, -0.15) is 0 Å². The zero-order chi connectivity index (χ0) is 18.1. The summed E-state index contributed by atoms with van der Waals surface area (Å²) in [6.07, 6.45) is 0. The van der Waals surface area contributed by atoms with Gasteiger partial charge >= 0.3 is 0 Å². The van der Waals surface area contributed by atoms with Crippen LogP contribution in [-0.4, -0.2) is 5.91 Å². The minimum atomic E-state index is -0.189. The van der Waals surface area contributed by atoms with Crippen molar-refractivity contribution in [2.24, 2.45) is 0 Å². The Balaban J connectivity index is 1.59. The Labute approximate surface area is 165 Å². The van der Waals surface area contributed by atoms with E-state index in [2.05, 4.69) is 35.6 Å². The van der Waals surface area contributed by atoms with E-state index in [0.717, 1.165) is 10.4 Å². The summed E-state index contributed by atoms with van der Waals surface area (Å²) in [5.74, 6) is -0.189. The first kappa shape index (κ1) is 17.1. The lowest BCUT2D eigenvalue weighted by Crippen LogP contribution is -2.10. The summed E-state index contributed by atoms with van der Waals surface area (Å²) in [5.41, 5.74) is 1.64. The number of thiophene rings is 1. The summed E-state index contributed by atoms with van der Waals surface area (Å²) in [6.45, 7) is 0.